The van der Waals surface area contributed by atoms with Crippen molar-refractivity contribution in [2.24, 2.45) is 0 Å². The molecule has 0 unspecified atom stereocenters. The van der Waals surface area contributed by atoms with Crippen LogP contribution in [0.1, 0.15) is 12.8 Å². The van der Waals surface area contributed by atoms with Crippen molar-refractivity contribution in [2.45, 2.75) is 18.9 Å². The molecule has 1 aliphatic rings. The number of amides is 2. The summed E-state index contributed by atoms with van der Waals surface area (Å²) < 4.78 is 0.830. The molecule has 1 aromatic heterocycles. The maximum absolute atomic E-state index is 12.1. The quantitative estimate of drug-likeness (QED) is 0.869. The number of nitrogens with zero attached hydrogens (tertiary/aromatic N) is 2. The molecule has 0 saturated carbocycles. The summed E-state index contributed by atoms with van der Waals surface area (Å²) >= 11 is 3.27. The number of carboxylic acid groups (broad SMARTS) is 1. The molecule has 7 heteroatoms. The van der Waals surface area contributed by atoms with E-state index in [0.717, 1.165) is 10.9 Å². The molecule has 18 heavy (non-hydrogen) atoms. The molecule has 2 heterocycles. The lowest BCUT2D eigenvalue weighted by Crippen LogP contribution is -2.52. The van der Waals surface area contributed by atoms with E-state index in [4.69, 9.17) is 5.11 Å². The van der Waals surface area contributed by atoms with Crippen LogP contribution in [0.15, 0.2) is 22.8 Å². The molecule has 6 nitrogen and oxygen atoms in total. The van der Waals surface area contributed by atoms with E-state index in [1.165, 1.54) is 4.90 Å². The summed E-state index contributed by atoms with van der Waals surface area (Å²) in [5.41, 5.74) is 0. The van der Waals surface area contributed by atoms with Crippen LogP contribution in [0.5, 0.6) is 0 Å². The number of carbonyl (C=O) groups is 2. The molecule has 0 radical (unpaired) electrons. The van der Waals surface area contributed by atoms with Gasteiger partial charge in [0, 0.05) is 17.2 Å². The summed E-state index contributed by atoms with van der Waals surface area (Å²) in [4.78, 5) is 28.4. The van der Waals surface area contributed by atoms with Crippen LogP contribution in [-0.4, -0.2) is 34.7 Å². The van der Waals surface area contributed by atoms with Crippen molar-refractivity contribution in [1.82, 2.24) is 10.3 Å². The topological polar surface area (TPSA) is 82.5 Å². The second-order valence-electron chi connectivity index (χ2n) is 3.97. The van der Waals surface area contributed by atoms with Gasteiger partial charge in [-0.1, -0.05) is 0 Å². The lowest BCUT2D eigenvalue weighted by molar-refractivity contribution is -0.121. The van der Waals surface area contributed by atoms with Crippen LogP contribution < -0.4 is 10.2 Å². The highest BCUT2D eigenvalue weighted by atomic mass is 79.9. The minimum Gasteiger partial charge on any atom is -0.465 e. The van der Waals surface area contributed by atoms with Crippen molar-refractivity contribution in [3.05, 3.63) is 22.8 Å². The monoisotopic (exact) mass is 313 g/mol. The molecule has 2 amide bonds. The van der Waals surface area contributed by atoms with Gasteiger partial charge in [0.25, 0.3) is 5.91 Å². The van der Waals surface area contributed by atoms with Gasteiger partial charge in [-0.3, -0.25) is 9.69 Å². The van der Waals surface area contributed by atoms with Crippen LogP contribution >= 0.6 is 15.9 Å². The number of anilines is 1. The van der Waals surface area contributed by atoms with Crippen LogP contribution in [0.2, 0.25) is 0 Å². The Morgan fingerprint density at radius 1 is 1.56 bits per heavy atom. The van der Waals surface area contributed by atoms with Gasteiger partial charge in [-0.15, -0.1) is 0 Å². The molecule has 1 aromatic rings. The molecule has 0 aliphatic carbocycles. The SMILES string of the molecule is O=C(O)N[C@H]1CCCN(c2ccc(Br)cn2)C1=O. The molecule has 1 saturated heterocycles. The molecule has 1 fully saturated rings. The highest BCUT2D eigenvalue weighted by molar-refractivity contribution is 9.10. The van der Waals surface area contributed by atoms with Crippen LogP contribution in [0.3, 0.4) is 0 Å². The van der Waals surface area contributed by atoms with E-state index in [2.05, 4.69) is 26.2 Å². The minimum absolute atomic E-state index is 0.251. The Bertz CT molecular complexity index is 463. The van der Waals surface area contributed by atoms with E-state index < -0.39 is 12.1 Å². The summed E-state index contributed by atoms with van der Waals surface area (Å²) in [6.07, 6.45) is 1.70. The van der Waals surface area contributed by atoms with Crippen LogP contribution in [0.25, 0.3) is 0 Å². The number of aromatic nitrogens is 1. The van der Waals surface area contributed by atoms with Gasteiger partial charge in [0.15, 0.2) is 0 Å². The highest BCUT2D eigenvalue weighted by Gasteiger charge is 2.31. The van der Waals surface area contributed by atoms with Crippen LogP contribution in [0.4, 0.5) is 10.6 Å². The molecular formula is C11H12BrN3O3. The molecule has 0 spiro atoms. The third-order valence-corrected chi connectivity index (χ3v) is 3.19. The molecule has 0 bridgehead atoms. The fourth-order valence-corrected chi connectivity index (χ4v) is 2.15. The molecule has 0 aromatic carbocycles. The second kappa shape index (κ2) is 5.34. The predicted molar refractivity (Wildman–Crippen MR) is 68.5 cm³/mol. The van der Waals surface area contributed by atoms with Gasteiger partial charge in [-0.2, -0.15) is 0 Å². The van der Waals surface area contributed by atoms with E-state index in [1.807, 2.05) is 0 Å². The number of carbonyl (C=O) groups excluding carboxylic acids is 1. The van der Waals surface area contributed by atoms with Gasteiger partial charge in [0.2, 0.25) is 0 Å². The standard InChI is InChI=1S/C11H12BrN3O3/c12-7-3-4-9(13-6-7)15-5-1-2-8(10(15)16)14-11(17)18/h3-4,6,8,14H,1-2,5H2,(H,17,18)/t8-/m0/s1. The number of hydrogen-bond donors (Lipinski definition) is 2. The number of pyridine rings is 1. The summed E-state index contributed by atoms with van der Waals surface area (Å²) in [6.45, 7) is 0.561. The van der Waals surface area contributed by atoms with Gasteiger partial charge >= 0.3 is 6.09 Å². The average molecular weight is 314 g/mol. The Labute approximate surface area is 112 Å². The third kappa shape index (κ3) is 2.79. The first-order valence-electron chi connectivity index (χ1n) is 5.50. The minimum atomic E-state index is -1.18. The Kier molecular flexibility index (Phi) is 3.81. The predicted octanol–water partition coefficient (Wildman–Crippen LogP) is 1.61. The van der Waals surface area contributed by atoms with Gasteiger partial charge in [-0.05, 0) is 40.9 Å². The van der Waals surface area contributed by atoms with Gasteiger partial charge in [0.05, 0.1) is 0 Å². The fraction of sp³-hybridized carbons (Fsp3) is 0.364. The normalized spacial score (nSPS) is 19.7. The van der Waals surface area contributed by atoms with E-state index in [0.29, 0.717) is 18.8 Å². The van der Waals surface area contributed by atoms with Crippen molar-refractivity contribution in [3.63, 3.8) is 0 Å². The van der Waals surface area contributed by atoms with Crippen molar-refractivity contribution in [2.75, 3.05) is 11.4 Å². The zero-order chi connectivity index (χ0) is 13.1. The van der Waals surface area contributed by atoms with Crippen LogP contribution in [-0.2, 0) is 4.79 Å². The fourth-order valence-electron chi connectivity index (χ4n) is 1.91. The Morgan fingerprint density at radius 2 is 2.33 bits per heavy atom. The number of nitrogens with one attached hydrogen (secondary N) is 1. The smallest absolute Gasteiger partial charge is 0.405 e. The molecule has 2 rings (SSSR count). The summed E-state index contributed by atoms with van der Waals surface area (Å²) in [5, 5.41) is 10.9. The third-order valence-electron chi connectivity index (χ3n) is 2.72. The Hall–Kier alpha value is -1.63. The van der Waals surface area contributed by atoms with E-state index >= 15 is 0 Å². The van der Waals surface area contributed by atoms with E-state index in [9.17, 15) is 9.59 Å². The molecule has 96 valence electrons. The van der Waals surface area contributed by atoms with Gasteiger partial charge in [0.1, 0.15) is 11.9 Å². The second-order valence-corrected chi connectivity index (χ2v) is 4.88. The molecule has 1 aliphatic heterocycles. The molecule has 1 atom stereocenters. The average Bonchev–Trinajstić information content (AvgIpc) is 2.33. The van der Waals surface area contributed by atoms with Gasteiger partial charge < -0.3 is 10.4 Å². The highest BCUT2D eigenvalue weighted by Crippen LogP contribution is 2.20. The Morgan fingerprint density at radius 3 is 2.94 bits per heavy atom. The number of halogens is 1. The molecular weight excluding hydrogens is 302 g/mol. The maximum atomic E-state index is 12.1. The molecule has 2 N–H and O–H groups in total. The van der Waals surface area contributed by atoms with E-state index in [1.54, 1.807) is 18.3 Å². The lowest BCUT2D eigenvalue weighted by Gasteiger charge is -2.31. The zero-order valence-corrected chi connectivity index (χ0v) is 11.1. The number of piperidine rings is 1. The summed E-state index contributed by atoms with van der Waals surface area (Å²) in [6, 6.07) is 2.84. The van der Waals surface area contributed by atoms with Crippen molar-refractivity contribution < 1.29 is 14.7 Å². The first-order valence-corrected chi connectivity index (χ1v) is 6.29. The largest absolute Gasteiger partial charge is 0.465 e. The maximum Gasteiger partial charge on any atom is 0.405 e. The van der Waals surface area contributed by atoms with Crippen LogP contribution in [0, 0.1) is 0 Å². The van der Waals surface area contributed by atoms with Crippen molar-refractivity contribution in [3.8, 4) is 0 Å². The summed E-state index contributed by atoms with van der Waals surface area (Å²) in [7, 11) is 0. The Balaban J connectivity index is 2.15. The van der Waals surface area contributed by atoms with Crippen molar-refractivity contribution in [1.29, 1.82) is 0 Å². The lowest BCUT2D eigenvalue weighted by atomic mass is 10.1. The zero-order valence-electron chi connectivity index (χ0n) is 9.47. The first kappa shape index (κ1) is 12.8. The van der Waals surface area contributed by atoms with Crippen molar-refractivity contribution >= 4 is 33.7 Å². The number of rotatable bonds is 2. The summed E-state index contributed by atoms with van der Waals surface area (Å²) in [5.74, 6) is 0.290. The first-order chi connectivity index (χ1) is 8.58. The van der Waals surface area contributed by atoms with E-state index in [-0.39, 0.29) is 5.91 Å². The number of hydrogen-bond acceptors (Lipinski definition) is 3. The van der Waals surface area contributed by atoms with Gasteiger partial charge in [-0.25, -0.2) is 9.78 Å².